The zero-order valence-corrected chi connectivity index (χ0v) is 18.1. The smallest absolute Gasteiger partial charge is 0.338 e. The maximum Gasteiger partial charge on any atom is 0.338 e. The average Bonchev–Trinajstić information content (AvgIpc) is 3.37. The first kappa shape index (κ1) is 21.3. The Labute approximate surface area is 187 Å². The number of rotatable bonds is 6. The third-order valence-electron chi connectivity index (χ3n) is 4.93. The van der Waals surface area contributed by atoms with Gasteiger partial charge in [-0.2, -0.15) is 0 Å². The maximum atomic E-state index is 12.4. The fourth-order valence-corrected chi connectivity index (χ4v) is 3.76. The number of fused-ring (bicyclic) bond motifs is 1. The standard InChI is InChI=1S/C22H18N4O5S/c1-3-12-4-7-14(8-5-12)23-18(27)19-25-24-17(32-19)11-31-22(30)13-6-9-15-16(10-13)21(29)26(2)20(15)28/h4-10H,3,11H2,1-2H3,(H,23,27). The summed E-state index contributed by atoms with van der Waals surface area (Å²) in [6.45, 7) is 1.87. The van der Waals surface area contributed by atoms with Crippen LogP contribution in [0.1, 0.15) is 58.4 Å². The van der Waals surface area contributed by atoms with Crippen molar-refractivity contribution < 1.29 is 23.9 Å². The van der Waals surface area contributed by atoms with E-state index in [2.05, 4.69) is 15.5 Å². The van der Waals surface area contributed by atoms with Gasteiger partial charge in [0, 0.05) is 12.7 Å². The summed E-state index contributed by atoms with van der Waals surface area (Å²) in [5, 5.41) is 11.0. The van der Waals surface area contributed by atoms with Crippen LogP contribution in [0.15, 0.2) is 42.5 Å². The van der Waals surface area contributed by atoms with Gasteiger partial charge in [0.05, 0.1) is 16.7 Å². The van der Waals surface area contributed by atoms with E-state index in [0.717, 1.165) is 28.2 Å². The van der Waals surface area contributed by atoms with Crippen LogP contribution in [0.3, 0.4) is 0 Å². The van der Waals surface area contributed by atoms with Gasteiger partial charge in [-0.15, -0.1) is 10.2 Å². The van der Waals surface area contributed by atoms with Gasteiger partial charge in [0.2, 0.25) is 5.01 Å². The lowest BCUT2D eigenvalue weighted by Gasteiger charge is -2.04. The monoisotopic (exact) mass is 450 g/mol. The van der Waals surface area contributed by atoms with Crippen LogP contribution < -0.4 is 5.32 Å². The van der Waals surface area contributed by atoms with Gasteiger partial charge in [0.15, 0.2) is 5.01 Å². The lowest BCUT2D eigenvalue weighted by Crippen LogP contribution is -2.24. The van der Waals surface area contributed by atoms with Crippen molar-refractivity contribution in [2.75, 3.05) is 12.4 Å². The summed E-state index contributed by atoms with van der Waals surface area (Å²) in [6.07, 6.45) is 0.906. The van der Waals surface area contributed by atoms with Crippen molar-refractivity contribution in [1.29, 1.82) is 0 Å². The van der Waals surface area contributed by atoms with Crippen LogP contribution >= 0.6 is 11.3 Å². The summed E-state index contributed by atoms with van der Waals surface area (Å²) < 4.78 is 5.23. The number of esters is 1. The predicted molar refractivity (Wildman–Crippen MR) is 116 cm³/mol. The molecule has 0 radical (unpaired) electrons. The number of hydrogen-bond donors (Lipinski definition) is 1. The molecule has 0 aliphatic carbocycles. The third kappa shape index (κ3) is 4.12. The molecule has 9 nitrogen and oxygen atoms in total. The SMILES string of the molecule is CCc1ccc(NC(=O)c2nnc(COC(=O)c3ccc4c(c3)C(=O)N(C)C4=O)s2)cc1. The Bertz CT molecular complexity index is 1240. The van der Waals surface area contributed by atoms with E-state index in [-0.39, 0.29) is 28.3 Å². The molecule has 0 bridgehead atoms. The van der Waals surface area contributed by atoms with Crippen molar-refractivity contribution in [3.05, 3.63) is 74.7 Å². The maximum absolute atomic E-state index is 12.4. The summed E-state index contributed by atoms with van der Waals surface area (Å²) in [5.41, 5.74) is 2.35. The molecule has 1 N–H and O–H groups in total. The summed E-state index contributed by atoms with van der Waals surface area (Å²) in [5.74, 6) is -1.97. The molecule has 0 fully saturated rings. The molecule has 3 aromatic rings. The second-order valence-corrected chi connectivity index (χ2v) is 8.07. The van der Waals surface area contributed by atoms with Gasteiger partial charge in [-0.05, 0) is 42.3 Å². The molecule has 1 aliphatic rings. The molecule has 0 atom stereocenters. The first-order valence-electron chi connectivity index (χ1n) is 9.73. The van der Waals surface area contributed by atoms with Crippen molar-refractivity contribution in [2.45, 2.75) is 20.0 Å². The molecule has 0 spiro atoms. The highest BCUT2D eigenvalue weighted by Crippen LogP contribution is 2.23. The second-order valence-electron chi connectivity index (χ2n) is 7.01. The number of carbonyl (C=O) groups is 4. The number of anilines is 1. The highest BCUT2D eigenvalue weighted by atomic mass is 32.1. The highest BCUT2D eigenvalue weighted by molar-refractivity contribution is 7.13. The van der Waals surface area contributed by atoms with Gasteiger partial charge in [-0.3, -0.25) is 19.3 Å². The van der Waals surface area contributed by atoms with Gasteiger partial charge in [0.1, 0.15) is 6.61 Å². The Morgan fingerprint density at radius 3 is 2.47 bits per heavy atom. The lowest BCUT2D eigenvalue weighted by atomic mass is 10.1. The fourth-order valence-electron chi connectivity index (χ4n) is 3.11. The van der Waals surface area contributed by atoms with Crippen LogP contribution in [-0.2, 0) is 17.8 Å². The van der Waals surface area contributed by atoms with E-state index in [1.54, 1.807) is 0 Å². The average molecular weight is 450 g/mol. The van der Waals surface area contributed by atoms with Gasteiger partial charge < -0.3 is 10.1 Å². The summed E-state index contributed by atoms with van der Waals surface area (Å²) >= 11 is 1.01. The first-order chi connectivity index (χ1) is 15.4. The van der Waals surface area contributed by atoms with Gasteiger partial charge in [-0.1, -0.05) is 30.4 Å². The molecule has 4 rings (SSSR count). The molecule has 2 heterocycles. The quantitative estimate of drug-likeness (QED) is 0.453. The molecule has 2 aromatic carbocycles. The van der Waals surface area contributed by atoms with Gasteiger partial charge in [0.25, 0.3) is 17.7 Å². The Kier molecular flexibility index (Phi) is 5.78. The largest absolute Gasteiger partial charge is 0.455 e. The summed E-state index contributed by atoms with van der Waals surface area (Å²) in [4.78, 5) is 49.7. The molecular formula is C22H18N4O5S. The Morgan fingerprint density at radius 1 is 1.03 bits per heavy atom. The molecule has 32 heavy (non-hydrogen) atoms. The normalized spacial score (nSPS) is 12.6. The van der Waals surface area contributed by atoms with Crippen molar-refractivity contribution >= 4 is 40.7 Å². The number of amides is 3. The van der Waals surface area contributed by atoms with Crippen LogP contribution in [0.4, 0.5) is 5.69 Å². The number of aromatic nitrogens is 2. The Hall–Kier alpha value is -3.92. The molecule has 0 unspecified atom stereocenters. The second kappa shape index (κ2) is 8.67. The molecule has 3 amide bonds. The third-order valence-corrected chi connectivity index (χ3v) is 5.83. The summed E-state index contributed by atoms with van der Waals surface area (Å²) in [6, 6.07) is 11.7. The topological polar surface area (TPSA) is 119 Å². The number of ether oxygens (including phenoxy) is 1. The van der Waals surface area contributed by atoms with E-state index >= 15 is 0 Å². The molecule has 162 valence electrons. The van der Waals surface area contributed by atoms with Gasteiger partial charge >= 0.3 is 5.97 Å². The molecule has 1 aromatic heterocycles. The number of nitrogens with zero attached hydrogens (tertiary/aromatic N) is 3. The van der Waals surface area contributed by atoms with E-state index in [4.69, 9.17) is 4.74 Å². The van der Waals surface area contributed by atoms with Crippen molar-refractivity contribution in [1.82, 2.24) is 15.1 Å². The van der Waals surface area contributed by atoms with E-state index in [1.165, 1.54) is 25.2 Å². The number of hydrogen-bond acceptors (Lipinski definition) is 8. The first-order valence-corrected chi connectivity index (χ1v) is 10.5. The van der Waals surface area contributed by atoms with Crippen LogP contribution in [-0.4, -0.2) is 45.8 Å². The molecular weight excluding hydrogens is 432 g/mol. The summed E-state index contributed by atoms with van der Waals surface area (Å²) in [7, 11) is 1.38. The minimum absolute atomic E-state index is 0.137. The number of aryl methyl sites for hydroxylation is 1. The number of carbonyl (C=O) groups excluding carboxylic acids is 4. The van der Waals surface area contributed by atoms with E-state index in [1.807, 2.05) is 31.2 Å². The number of imide groups is 1. The predicted octanol–water partition coefficient (Wildman–Crippen LogP) is 2.94. The molecule has 0 saturated carbocycles. The molecule has 1 aliphatic heterocycles. The fraction of sp³-hybridized carbons (Fsp3) is 0.182. The van der Waals surface area contributed by atoms with Crippen molar-refractivity contribution in [2.24, 2.45) is 0 Å². The van der Waals surface area contributed by atoms with Crippen molar-refractivity contribution in [3.63, 3.8) is 0 Å². The lowest BCUT2D eigenvalue weighted by molar-refractivity contribution is 0.0471. The molecule has 0 saturated heterocycles. The number of nitrogens with one attached hydrogen (secondary N) is 1. The van der Waals surface area contributed by atoms with Crippen LogP contribution in [0.2, 0.25) is 0 Å². The van der Waals surface area contributed by atoms with E-state index in [0.29, 0.717) is 10.7 Å². The highest BCUT2D eigenvalue weighted by Gasteiger charge is 2.33. The van der Waals surface area contributed by atoms with Gasteiger partial charge in [-0.25, -0.2) is 4.79 Å². The van der Waals surface area contributed by atoms with E-state index < -0.39 is 23.7 Å². The zero-order valence-electron chi connectivity index (χ0n) is 17.2. The zero-order chi connectivity index (χ0) is 22.8. The number of benzene rings is 2. The Balaban J connectivity index is 1.37. The molecule has 10 heteroatoms. The van der Waals surface area contributed by atoms with Crippen LogP contribution in [0.5, 0.6) is 0 Å². The minimum atomic E-state index is -0.681. The van der Waals surface area contributed by atoms with E-state index in [9.17, 15) is 19.2 Å². The van der Waals surface area contributed by atoms with Crippen molar-refractivity contribution in [3.8, 4) is 0 Å². The van der Waals surface area contributed by atoms with Crippen LogP contribution in [0, 0.1) is 0 Å². The Morgan fingerprint density at radius 2 is 1.75 bits per heavy atom. The van der Waals surface area contributed by atoms with Crippen LogP contribution in [0.25, 0.3) is 0 Å². The minimum Gasteiger partial charge on any atom is -0.455 e.